The number of carbonyl (C=O) groups is 3. The van der Waals surface area contributed by atoms with Gasteiger partial charge in [0.25, 0.3) is 0 Å². The number of allylic oxidation sites excluding steroid dienone is 1. The molecule has 4 amide bonds. The van der Waals surface area contributed by atoms with Crippen molar-refractivity contribution in [1.82, 2.24) is 14.7 Å². The summed E-state index contributed by atoms with van der Waals surface area (Å²) in [7, 11) is 1.75. The van der Waals surface area contributed by atoms with E-state index in [0.717, 1.165) is 36.2 Å². The summed E-state index contributed by atoms with van der Waals surface area (Å²) < 4.78 is 0. The van der Waals surface area contributed by atoms with Crippen LogP contribution < -0.4 is 5.32 Å². The predicted octanol–water partition coefficient (Wildman–Crippen LogP) is 3.80. The summed E-state index contributed by atoms with van der Waals surface area (Å²) in [6, 6.07) is 5.35. The number of hydrogen-bond acceptors (Lipinski definition) is 4. The molecule has 1 aromatic carbocycles. The Hall–Kier alpha value is -2.58. The Morgan fingerprint density at radius 2 is 1.76 bits per heavy atom. The lowest BCUT2D eigenvalue weighted by Gasteiger charge is -2.37. The van der Waals surface area contributed by atoms with Gasteiger partial charge in [0, 0.05) is 49.7 Å². The average molecular weight is 491 g/mol. The van der Waals surface area contributed by atoms with E-state index in [1.165, 1.54) is 19.3 Å². The van der Waals surface area contributed by atoms with Crippen LogP contribution >= 0.6 is 11.6 Å². The first-order valence-corrected chi connectivity index (χ1v) is 12.5. The maximum atomic E-state index is 12.3. The van der Waals surface area contributed by atoms with Gasteiger partial charge in [-0.2, -0.15) is 0 Å². The first-order chi connectivity index (χ1) is 16.3. The quantitative estimate of drug-likeness (QED) is 0.674. The van der Waals surface area contributed by atoms with Gasteiger partial charge in [-0.05, 0) is 37.5 Å². The second kappa shape index (κ2) is 12.2. The van der Waals surface area contributed by atoms with Gasteiger partial charge in [-0.15, -0.1) is 0 Å². The third-order valence-electron chi connectivity index (χ3n) is 6.60. The van der Waals surface area contributed by atoms with Gasteiger partial charge in [-0.3, -0.25) is 14.5 Å². The molecular formula is C25H35ClN4O4. The van der Waals surface area contributed by atoms with E-state index in [1.807, 2.05) is 30.0 Å². The highest BCUT2D eigenvalue weighted by atomic mass is 35.5. The molecule has 2 N–H and O–H groups in total. The number of urea groups is 1. The second-order valence-corrected chi connectivity index (χ2v) is 9.31. The normalized spacial score (nSPS) is 19.8. The highest BCUT2D eigenvalue weighted by molar-refractivity contribution is 6.31. The summed E-state index contributed by atoms with van der Waals surface area (Å²) in [5.41, 5.74) is 2.69. The molecule has 0 bridgehead atoms. The number of piperazine rings is 1. The number of amides is 4. The van der Waals surface area contributed by atoms with Crippen molar-refractivity contribution in [2.45, 2.75) is 45.4 Å². The third kappa shape index (κ3) is 6.30. The second-order valence-electron chi connectivity index (χ2n) is 8.88. The molecule has 9 heteroatoms. The first-order valence-electron chi connectivity index (χ1n) is 12.1. The van der Waals surface area contributed by atoms with Gasteiger partial charge in [-0.25, -0.2) is 4.79 Å². The molecule has 34 heavy (non-hydrogen) atoms. The zero-order valence-corrected chi connectivity index (χ0v) is 20.8. The minimum absolute atomic E-state index is 0.116. The topological polar surface area (TPSA) is 93.2 Å². The lowest BCUT2D eigenvalue weighted by atomic mass is 9.88. The Morgan fingerprint density at radius 1 is 1.12 bits per heavy atom. The highest BCUT2D eigenvalue weighted by Crippen LogP contribution is 2.33. The van der Waals surface area contributed by atoms with Gasteiger partial charge in [-0.1, -0.05) is 43.9 Å². The number of anilines is 1. The van der Waals surface area contributed by atoms with Crippen molar-refractivity contribution in [1.29, 1.82) is 0 Å². The SMILES string of the molecule is CC/C=C1\c2cc(Cl)ccc2NC(=O)N1C.O=C(CO)N1CCN(C(=O)C2CCCCC2)CC1. The minimum atomic E-state index is -0.434. The minimum Gasteiger partial charge on any atom is -0.387 e. The molecular weight excluding hydrogens is 456 g/mol. The molecule has 0 atom stereocenters. The molecule has 0 aromatic heterocycles. The molecule has 1 saturated heterocycles. The van der Waals surface area contributed by atoms with Gasteiger partial charge < -0.3 is 20.2 Å². The maximum absolute atomic E-state index is 12.3. The van der Waals surface area contributed by atoms with Crippen LogP contribution in [0.3, 0.4) is 0 Å². The maximum Gasteiger partial charge on any atom is 0.326 e. The monoisotopic (exact) mass is 490 g/mol. The summed E-state index contributed by atoms with van der Waals surface area (Å²) in [6.45, 7) is 3.94. The number of nitrogens with zero attached hydrogens (tertiary/aromatic N) is 3. The van der Waals surface area contributed by atoms with E-state index in [9.17, 15) is 14.4 Å². The van der Waals surface area contributed by atoms with Gasteiger partial charge in [0.1, 0.15) is 6.61 Å². The Labute approximate surface area is 206 Å². The van der Waals surface area contributed by atoms with E-state index in [1.54, 1.807) is 22.9 Å². The van der Waals surface area contributed by atoms with E-state index in [0.29, 0.717) is 31.2 Å². The molecule has 1 aromatic rings. The van der Waals surface area contributed by atoms with Crippen LogP contribution in [0.4, 0.5) is 10.5 Å². The fourth-order valence-electron chi connectivity index (χ4n) is 4.65. The Balaban J connectivity index is 0.000000192. The van der Waals surface area contributed by atoms with E-state index < -0.39 is 6.61 Å². The van der Waals surface area contributed by atoms with Crippen molar-refractivity contribution in [2.75, 3.05) is 45.2 Å². The fraction of sp³-hybridized carbons (Fsp3) is 0.560. The van der Waals surface area contributed by atoms with Gasteiger partial charge in [0.15, 0.2) is 0 Å². The number of carbonyl (C=O) groups excluding carboxylic acids is 3. The summed E-state index contributed by atoms with van der Waals surface area (Å²) in [5, 5.41) is 12.3. The lowest BCUT2D eigenvalue weighted by molar-refractivity contribution is -0.144. The van der Waals surface area contributed by atoms with Crippen LogP contribution in [-0.2, 0) is 9.59 Å². The number of hydrogen-bond donors (Lipinski definition) is 2. The van der Waals surface area contributed by atoms with Crippen molar-refractivity contribution >= 4 is 40.8 Å². The Kier molecular flexibility index (Phi) is 9.36. The third-order valence-corrected chi connectivity index (χ3v) is 6.83. The summed E-state index contributed by atoms with van der Waals surface area (Å²) in [5.74, 6) is 0.240. The zero-order valence-electron chi connectivity index (χ0n) is 20.1. The number of nitrogens with one attached hydrogen (secondary N) is 1. The number of aliphatic hydroxyl groups is 1. The van der Waals surface area contributed by atoms with E-state index in [4.69, 9.17) is 16.7 Å². The van der Waals surface area contributed by atoms with Gasteiger partial charge >= 0.3 is 6.03 Å². The Bertz CT molecular complexity index is 921. The molecule has 4 rings (SSSR count). The molecule has 3 aliphatic rings. The van der Waals surface area contributed by atoms with E-state index >= 15 is 0 Å². The highest BCUT2D eigenvalue weighted by Gasteiger charge is 2.29. The summed E-state index contributed by atoms with van der Waals surface area (Å²) in [6.07, 6.45) is 8.53. The first kappa shape index (κ1) is 26.0. The van der Waals surface area contributed by atoms with Crippen molar-refractivity contribution in [3.8, 4) is 0 Å². The molecule has 2 heterocycles. The molecule has 0 unspecified atom stereocenters. The van der Waals surface area contributed by atoms with E-state index in [-0.39, 0.29) is 23.8 Å². The van der Waals surface area contributed by atoms with Crippen molar-refractivity contribution in [2.24, 2.45) is 5.92 Å². The molecule has 2 fully saturated rings. The molecule has 0 radical (unpaired) electrons. The van der Waals surface area contributed by atoms with Crippen LogP contribution in [0.15, 0.2) is 24.3 Å². The zero-order chi connectivity index (χ0) is 24.7. The van der Waals surface area contributed by atoms with Crippen molar-refractivity contribution in [3.63, 3.8) is 0 Å². The molecule has 1 saturated carbocycles. The van der Waals surface area contributed by atoms with Gasteiger partial charge in [0.2, 0.25) is 11.8 Å². The fourth-order valence-corrected chi connectivity index (χ4v) is 4.82. The van der Waals surface area contributed by atoms with Gasteiger partial charge in [0.05, 0.1) is 11.4 Å². The summed E-state index contributed by atoms with van der Waals surface area (Å²) >= 11 is 5.97. The number of rotatable bonds is 3. The standard InChI is InChI=1S/C13H22N2O3.C12H13ClN2O/c16-10-12(17)14-6-8-15(9-7-14)13(18)11-4-2-1-3-5-11;1-3-4-11-9-7-8(13)5-6-10(9)14-12(16)15(11)2/h11,16H,1-10H2;4-7H,3H2,1-2H3,(H,14,16)/b;11-4+. The molecule has 1 aliphatic carbocycles. The van der Waals surface area contributed by atoms with E-state index in [2.05, 4.69) is 5.32 Å². The van der Waals surface area contributed by atoms with Crippen molar-refractivity contribution in [3.05, 3.63) is 34.9 Å². The largest absolute Gasteiger partial charge is 0.387 e. The molecule has 0 spiro atoms. The molecule has 8 nitrogen and oxygen atoms in total. The smallest absolute Gasteiger partial charge is 0.326 e. The average Bonchev–Trinajstić information content (AvgIpc) is 2.87. The van der Waals surface area contributed by atoms with Crippen LogP contribution in [0.2, 0.25) is 5.02 Å². The number of halogens is 1. The lowest BCUT2D eigenvalue weighted by Crippen LogP contribution is -2.52. The van der Waals surface area contributed by atoms with Crippen LogP contribution in [-0.4, -0.2) is 77.5 Å². The van der Waals surface area contributed by atoms with Crippen LogP contribution in [0.25, 0.3) is 5.70 Å². The Morgan fingerprint density at radius 3 is 2.38 bits per heavy atom. The molecule has 2 aliphatic heterocycles. The number of fused-ring (bicyclic) bond motifs is 1. The number of aliphatic hydroxyl groups excluding tert-OH is 1. The van der Waals surface area contributed by atoms with Crippen LogP contribution in [0, 0.1) is 5.92 Å². The number of benzene rings is 1. The predicted molar refractivity (Wildman–Crippen MR) is 133 cm³/mol. The van der Waals surface area contributed by atoms with Crippen LogP contribution in [0.1, 0.15) is 51.0 Å². The van der Waals surface area contributed by atoms with Crippen LogP contribution in [0.5, 0.6) is 0 Å². The molecule has 186 valence electrons. The summed E-state index contributed by atoms with van der Waals surface area (Å²) in [4.78, 5) is 40.4. The van der Waals surface area contributed by atoms with Crippen molar-refractivity contribution < 1.29 is 19.5 Å².